The Labute approximate surface area is 94.1 Å². The molecule has 2 aromatic heterocycles. The van der Waals surface area contributed by atoms with Gasteiger partial charge in [-0.15, -0.1) is 0 Å². The van der Waals surface area contributed by atoms with E-state index in [0.29, 0.717) is 11.4 Å². The van der Waals surface area contributed by atoms with Crippen molar-refractivity contribution in [3.8, 4) is 5.82 Å². The maximum absolute atomic E-state index is 9.14. The van der Waals surface area contributed by atoms with E-state index in [0.717, 1.165) is 11.4 Å². The van der Waals surface area contributed by atoms with Gasteiger partial charge in [0.25, 0.3) is 0 Å². The molecule has 6 heteroatoms. The average molecular weight is 219 g/mol. The van der Waals surface area contributed by atoms with Gasteiger partial charge >= 0.3 is 7.12 Å². The predicted molar refractivity (Wildman–Crippen MR) is 61.8 cm³/mol. The molecule has 0 spiro atoms. The van der Waals surface area contributed by atoms with Crippen LogP contribution in [0, 0.1) is 13.8 Å². The van der Waals surface area contributed by atoms with E-state index in [2.05, 4.69) is 5.10 Å². The highest BCUT2D eigenvalue weighted by Gasteiger charge is 2.19. The fourth-order valence-corrected chi connectivity index (χ4v) is 1.85. The van der Waals surface area contributed by atoms with Gasteiger partial charge in [-0.05, 0) is 26.0 Å². The van der Waals surface area contributed by atoms with Crippen LogP contribution in [0.2, 0.25) is 0 Å². The van der Waals surface area contributed by atoms with Gasteiger partial charge in [-0.25, -0.2) is 0 Å². The molecule has 0 aliphatic rings. The van der Waals surface area contributed by atoms with Crippen molar-refractivity contribution in [2.24, 2.45) is 7.05 Å². The molecule has 0 radical (unpaired) electrons. The Bertz CT molecular complexity index is 497. The van der Waals surface area contributed by atoms with Crippen molar-refractivity contribution >= 4 is 12.7 Å². The first kappa shape index (κ1) is 11.0. The van der Waals surface area contributed by atoms with Gasteiger partial charge in [0.1, 0.15) is 0 Å². The highest BCUT2D eigenvalue weighted by atomic mass is 16.4. The van der Waals surface area contributed by atoms with Gasteiger partial charge in [0.2, 0.25) is 0 Å². The molecule has 0 bridgehead atoms. The molecule has 84 valence electrons. The van der Waals surface area contributed by atoms with Crippen LogP contribution in [0.5, 0.6) is 0 Å². The maximum Gasteiger partial charge on any atom is 0.507 e. The quantitative estimate of drug-likeness (QED) is 0.669. The van der Waals surface area contributed by atoms with Crippen molar-refractivity contribution in [1.82, 2.24) is 14.3 Å². The molecular weight excluding hydrogens is 205 g/mol. The van der Waals surface area contributed by atoms with E-state index in [4.69, 9.17) is 10.0 Å². The molecule has 0 saturated heterocycles. The van der Waals surface area contributed by atoms with Crippen LogP contribution in [-0.4, -0.2) is 31.5 Å². The lowest BCUT2D eigenvalue weighted by Gasteiger charge is -2.03. The number of nitrogens with zero attached hydrogens (tertiary/aromatic N) is 3. The van der Waals surface area contributed by atoms with Crippen molar-refractivity contribution in [2.75, 3.05) is 0 Å². The highest BCUT2D eigenvalue weighted by Crippen LogP contribution is 2.13. The third-order valence-electron chi connectivity index (χ3n) is 2.67. The van der Waals surface area contributed by atoms with Gasteiger partial charge in [0.15, 0.2) is 5.82 Å². The summed E-state index contributed by atoms with van der Waals surface area (Å²) in [5, 5.41) is 22.5. The van der Waals surface area contributed by atoms with Gasteiger partial charge in [0.05, 0.1) is 5.59 Å². The second kappa shape index (κ2) is 3.81. The smallest absolute Gasteiger partial charge is 0.422 e. The lowest BCUT2D eigenvalue weighted by molar-refractivity contribution is 0.421. The van der Waals surface area contributed by atoms with Crippen LogP contribution in [0.4, 0.5) is 0 Å². The summed E-state index contributed by atoms with van der Waals surface area (Å²) in [7, 11) is 0.189. The van der Waals surface area contributed by atoms with Crippen LogP contribution in [0.25, 0.3) is 5.82 Å². The fourth-order valence-electron chi connectivity index (χ4n) is 1.85. The molecule has 0 fully saturated rings. The van der Waals surface area contributed by atoms with E-state index < -0.39 is 7.12 Å². The van der Waals surface area contributed by atoms with Crippen molar-refractivity contribution < 1.29 is 10.0 Å². The van der Waals surface area contributed by atoms with Crippen LogP contribution < -0.4 is 5.59 Å². The average Bonchev–Trinajstić information content (AvgIpc) is 2.70. The molecule has 2 rings (SSSR count). The monoisotopic (exact) mass is 219 g/mol. The molecular formula is C10H14BN3O2. The van der Waals surface area contributed by atoms with Gasteiger partial charge in [-0.1, -0.05) is 0 Å². The van der Waals surface area contributed by atoms with E-state index in [-0.39, 0.29) is 0 Å². The lowest BCUT2D eigenvalue weighted by Crippen LogP contribution is -2.35. The largest absolute Gasteiger partial charge is 0.507 e. The molecule has 5 nitrogen and oxygen atoms in total. The van der Waals surface area contributed by atoms with E-state index in [1.807, 2.05) is 30.5 Å². The summed E-state index contributed by atoms with van der Waals surface area (Å²) >= 11 is 0. The number of aryl methyl sites for hydroxylation is 3. The molecule has 2 aromatic rings. The minimum atomic E-state index is -1.50. The number of hydrogen-bond donors (Lipinski definition) is 2. The zero-order chi connectivity index (χ0) is 11.9. The summed E-state index contributed by atoms with van der Waals surface area (Å²) in [6, 6.07) is 5.67. The molecule has 2 heterocycles. The Morgan fingerprint density at radius 3 is 2.19 bits per heavy atom. The normalized spacial score (nSPS) is 10.8. The zero-order valence-electron chi connectivity index (χ0n) is 9.55. The minimum absolute atomic E-state index is 0.377. The molecule has 0 saturated carbocycles. The maximum atomic E-state index is 9.14. The second-order valence-corrected chi connectivity index (χ2v) is 3.88. The SMILES string of the molecule is Cc1ccc(C)n1-c1cc(B(O)O)n(C)n1. The first-order chi connectivity index (χ1) is 7.50. The minimum Gasteiger partial charge on any atom is -0.422 e. The van der Waals surface area contributed by atoms with Crippen LogP contribution in [0.1, 0.15) is 11.4 Å². The summed E-state index contributed by atoms with van der Waals surface area (Å²) < 4.78 is 3.44. The summed E-state index contributed by atoms with van der Waals surface area (Å²) in [5.41, 5.74) is 2.51. The van der Waals surface area contributed by atoms with E-state index in [1.54, 1.807) is 13.1 Å². The Kier molecular flexibility index (Phi) is 2.61. The Hall–Kier alpha value is -1.53. The van der Waals surface area contributed by atoms with Crippen LogP contribution in [0.15, 0.2) is 18.2 Å². The first-order valence-electron chi connectivity index (χ1n) is 5.06. The zero-order valence-corrected chi connectivity index (χ0v) is 9.55. The van der Waals surface area contributed by atoms with Crippen molar-refractivity contribution in [3.05, 3.63) is 29.6 Å². The van der Waals surface area contributed by atoms with Crippen molar-refractivity contribution in [2.45, 2.75) is 13.8 Å². The van der Waals surface area contributed by atoms with Crippen molar-refractivity contribution in [3.63, 3.8) is 0 Å². The first-order valence-corrected chi connectivity index (χ1v) is 5.06. The fraction of sp³-hybridized carbons (Fsp3) is 0.300. The summed E-state index contributed by atoms with van der Waals surface area (Å²) in [4.78, 5) is 0. The summed E-state index contributed by atoms with van der Waals surface area (Å²) in [5.74, 6) is 0.700. The molecule has 0 aromatic carbocycles. The van der Waals surface area contributed by atoms with Crippen LogP contribution in [0.3, 0.4) is 0 Å². The summed E-state index contributed by atoms with van der Waals surface area (Å²) in [6.07, 6.45) is 0. The highest BCUT2D eigenvalue weighted by molar-refractivity contribution is 6.57. The van der Waals surface area contributed by atoms with E-state index >= 15 is 0 Å². The number of hydrogen-bond acceptors (Lipinski definition) is 3. The molecule has 0 aliphatic carbocycles. The molecule has 0 aliphatic heterocycles. The standard InChI is InChI=1S/C10H14BN3O2/c1-7-4-5-8(2)14(7)10-6-9(11(15)16)13(3)12-10/h4-6,15-16H,1-3H3. The molecule has 0 unspecified atom stereocenters. The van der Waals surface area contributed by atoms with E-state index in [1.165, 1.54) is 4.68 Å². The topological polar surface area (TPSA) is 63.2 Å². The third-order valence-corrected chi connectivity index (χ3v) is 2.67. The Morgan fingerprint density at radius 1 is 1.19 bits per heavy atom. The molecule has 0 amide bonds. The molecule has 0 atom stereocenters. The molecule has 16 heavy (non-hydrogen) atoms. The van der Waals surface area contributed by atoms with E-state index in [9.17, 15) is 0 Å². The predicted octanol–water partition coefficient (Wildman–Crippen LogP) is -0.493. The summed E-state index contributed by atoms with van der Waals surface area (Å²) in [6.45, 7) is 3.97. The lowest BCUT2D eigenvalue weighted by atomic mass is 9.86. The van der Waals surface area contributed by atoms with Crippen molar-refractivity contribution in [1.29, 1.82) is 0 Å². The van der Waals surface area contributed by atoms with Gasteiger partial charge < -0.3 is 14.6 Å². The van der Waals surface area contributed by atoms with Gasteiger partial charge in [-0.3, -0.25) is 4.68 Å². The Morgan fingerprint density at radius 2 is 1.75 bits per heavy atom. The third kappa shape index (κ3) is 1.66. The number of aromatic nitrogens is 3. The van der Waals surface area contributed by atoms with Crippen LogP contribution >= 0.6 is 0 Å². The van der Waals surface area contributed by atoms with Gasteiger partial charge in [-0.2, -0.15) is 5.10 Å². The number of rotatable bonds is 2. The Balaban J connectivity index is 2.54. The van der Waals surface area contributed by atoms with Crippen LogP contribution in [-0.2, 0) is 7.05 Å². The van der Waals surface area contributed by atoms with Gasteiger partial charge in [0, 0.05) is 24.5 Å². The molecule has 2 N–H and O–H groups in total. The second-order valence-electron chi connectivity index (χ2n) is 3.88.